The van der Waals surface area contributed by atoms with Crippen molar-refractivity contribution in [3.63, 3.8) is 0 Å². The van der Waals surface area contributed by atoms with E-state index in [0.717, 1.165) is 18.5 Å². The molecule has 0 heterocycles. The smallest absolute Gasteiger partial charge is 0.306 e. The lowest BCUT2D eigenvalue weighted by Gasteiger charge is -2.13. The number of amides is 1. The normalized spacial score (nSPS) is 14.6. The zero-order valence-corrected chi connectivity index (χ0v) is 13.3. The van der Waals surface area contributed by atoms with Crippen molar-refractivity contribution in [3.8, 4) is 0 Å². The summed E-state index contributed by atoms with van der Waals surface area (Å²) < 4.78 is 5.04. The molecule has 5 nitrogen and oxygen atoms in total. The lowest BCUT2D eigenvalue weighted by atomic mass is 10.1. The Morgan fingerprint density at radius 1 is 1.18 bits per heavy atom. The molecule has 1 saturated carbocycles. The second-order valence-electron chi connectivity index (χ2n) is 6.00. The molecule has 0 saturated heterocycles. The molecule has 2 rings (SSSR count). The standard InChI is InChI=1S/C17H24N2O3/c1-19(2)15-9-7-14(8-10-15)18-16(20)12-22-17(21)11-13-5-3-4-6-13/h7-10,13H,3-6,11-12H2,1-2H3,(H,18,20). The maximum Gasteiger partial charge on any atom is 0.306 e. The summed E-state index contributed by atoms with van der Waals surface area (Å²) in [7, 11) is 3.91. The molecule has 0 atom stereocenters. The molecule has 0 aliphatic heterocycles. The van der Waals surface area contributed by atoms with Crippen LogP contribution in [0.2, 0.25) is 0 Å². The average Bonchev–Trinajstić information content (AvgIpc) is 2.98. The van der Waals surface area contributed by atoms with Crippen molar-refractivity contribution in [1.29, 1.82) is 0 Å². The van der Waals surface area contributed by atoms with Crippen molar-refractivity contribution in [2.75, 3.05) is 30.9 Å². The molecule has 22 heavy (non-hydrogen) atoms. The molecule has 5 heteroatoms. The molecule has 0 radical (unpaired) electrons. The number of nitrogens with zero attached hydrogens (tertiary/aromatic N) is 1. The zero-order chi connectivity index (χ0) is 15.9. The van der Waals surface area contributed by atoms with Crippen molar-refractivity contribution in [3.05, 3.63) is 24.3 Å². The van der Waals surface area contributed by atoms with Crippen LogP contribution in [0.1, 0.15) is 32.1 Å². The van der Waals surface area contributed by atoms with Crippen LogP contribution in [-0.4, -0.2) is 32.6 Å². The van der Waals surface area contributed by atoms with Gasteiger partial charge >= 0.3 is 5.97 Å². The Morgan fingerprint density at radius 2 is 1.82 bits per heavy atom. The number of carbonyl (C=O) groups excluding carboxylic acids is 2. The van der Waals surface area contributed by atoms with Gasteiger partial charge in [-0.3, -0.25) is 9.59 Å². The molecule has 1 aromatic rings. The molecule has 0 unspecified atom stereocenters. The first-order valence-electron chi connectivity index (χ1n) is 7.77. The van der Waals surface area contributed by atoms with E-state index in [1.165, 1.54) is 12.8 Å². The Balaban J connectivity index is 1.71. The topological polar surface area (TPSA) is 58.6 Å². The third-order valence-corrected chi connectivity index (χ3v) is 3.96. The van der Waals surface area contributed by atoms with Crippen LogP contribution in [0.3, 0.4) is 0 Å². The van der Waals surface area contributed by atoms with E-state index in [9.17, 15) is 9.59 Å². The number of hydrogen-bond donors (Lipinski definition) is 1. The number of hydrogen-bond acceptors (Lipinski definition) is 4. The SMILES string of the molecule is CN(C)c1ccc(NC(=O)COC(=O)CC2CCCC2)cc1. The predicted molar refractivity (Wildman–Crippen MR) is 86.9 cm³/mol. The van der Waals surface area contributed by atoms with Crippen LogP contribution in [0.5, 0.6) is 0 Å². The molecule has 0 spiro atoms. The van der Waals surface area contributed by atoms with Crippen LogP contribution < -0.4 is 10.2 Å². The van der Waals surface area contributed by atoms with Gasteiger partial charge < -0.3 is 15.0 Å². The summed E-state index contributed by atoms with van der Waals surface area (Å²) in [5, 5.41) is 2.72. The first-order chi connectivity index (χ1) is 10.5. The molecule has 0 aromatic heterocycles. The number of carbonyl (C=O) groups is 2. The highest BCUT2D eigenvalue weighted by atomic mass is 16.5. The number of nitrogens with one attached hydrogen (secondary N) is 1. The number of ether oxygens (including phenoxy) is 1. The van der Waals surface area contributed by atoms with Crippen LogP contribution in [-0.2, 0) is 14.3 Å². The fourth-order valence-electron chi connectivity index (χ4n) is 2.70. The molecule has 1 fully saturated rings. The lowest BCUT2D eigenvalue weighted by Crippen LogP contribution is -2.21. The third kappa shape index (κ3) is 5.06. The number of benzene rings is 1. The van der Waals surface area contributed by atoms with Gasteiger partial charge in [0, 0.05) is 31.9 Å². The van der Waals surface area contributed by atoms with Gasteiger partial charge in [0.1, 0.15) is 0 Å². The van der Waals surface area contributed by atoms with E-state index in [-0.39, 0.29) is 18.5 Å². The Bertz CT molecular complexity index is 505. The van der Waals surface area contributed by atoms with Gasteiger partial charge in [0.2, 0.25) is 0 Å². The summed E-state index contributed by atoms with van der Waals surface area (Å²) in [4.78, 5) is 25.4. The van der Waals surface area contributed by atoms with Crippen molar-refractivity contribution in [2.24, 2.45) is 5.92 Å². The van der Waals surface area contributed by atoms with Gasteiger partial charge in [0.15, 0.2) is 6.61 Å². The predicted octanol–water partition coefficient (Wildman–Crippen LogP) is 2.81. The second-order valence-corrected chi connectivity index (χ2v) is 6.00. The van der Waals surface area contributed by atoms with Gasteiger partial charge in [-0.1, -0.05) is 12.8 Å². The molecule has 1 N–H and O–H groups in total. The van der Waals surface area contributed by atoms with Crippen molar-refractivity contribution in [1.82, 2.24) is 0 Å². The Kier molecular flexibility index (Phi) is 5.81. The van der Waals surface area contributed by atoms with Crippen molar-refractivity contribution < 1.29 is 14.3 Å². The minimum absolute atomic E-state index is 0.221. The second kappa shape index (κ2) is 7.82. The molecular weight excluding hydrogens is 280 g/mol. The highest BCUT2D eigenvalue weighted by Crippen LogP contribution is 2.27. The summed E-state index contributed by atoms with van der Waals surface area (Å²) in [6, 6.07) is 7.49. The van der Waals surface area contributed by atoms with Gasteiger partial charge in [0.05, 0.1) is 0 Å². The quantitative estimate of drug-likeness (QED) is 0.821. The first-order valence-corrected chi connectivity index (χ1v) is 7.77. The average molecular weight is 304 g/mol. The highest BCUT2D eigenvalue weighted by molar-refractivity contribution is 5.92. The van der Waals surface area contributed by atoms with Crippen molar-refractivity contribution in [2.45, 2.75) is 32.1 Å². The van der Waals surface area contributed by atoms with Gasteiger partial charge in [-0.15, -0.1) is 0 Å². The van der Waals surface area contributed by atoms with E-state index in [4.69, 9.17) is 4.74 Å². The minimum Gasteiger partial charge on any atom is -0.456 e. The van der Waals surface area contributed by atoms with Gasteiger partial charge in [-0.05, 0) is 43.0 Å². The number of esters is 1. The fraction of sp³-hybridized carbons (Fsp3) is 0.529. The Labute approximate surface area is 131 Å². The largest absolute Gasteiger partial charge is 0.456 e. The summed E-state index contributed by atoms with van der Waals surface area (Å²) in [6.07, 6.45) is 5.02. The van der Waals surface area contributed by atoms with E-state index in [0.29, 0.717) is 18.0 Å². The van der Waals surface area contributed by atoms with Gasteiger partial charge in [-0.2, -0.15) is 0 Å². The number of rotatable bonds is 6. The van der Waals surface area contributed by atoms with E-state index >= 15 is 0 Å². The molecule has 0 bridgehead atoms. The van der Waals surface area contributed by atoms with Crippen LogP contribution in [0, 0.1) is 5.92 Å². The van der Waals surface area contributed by atoms with Crippen LogP contribution in [0.15, 0.2) is 24.3 Å². The monoisotopic (exact) mass is 304 g/mol. The van der Waals surface area contributed by atoms with E-state index in [1.807, 2.05) is 43.3 Å². The first kappa shape index (κ1) is 16.3. The number of anilines is 2. The molecular formula is C17H24N2O3. The fourth-order valence-corrected chi connectivity index (χ4v) is 2.70. The molecule has 1 aromatic carbocycles. The molecule has 1 aliphatic carbocycles. The molecule has 1 amide bonds. The summed E-state index contributed by atoms with van der Waals surface area (Å²) in [5.41, 5.74) is 1.75. The summed E-state index contributed by atoms with van der Waals surface area (Å²) in [6.45, 7) is -0.221. The summed E-state index contributed by atoms with van der Waals surface area (Å²) in [5.74, 6) is -0.142. The minimum atomic E-state index is -0.308. The van der Waals surface area contributed by atoms with Crippen LogP contribution >= 0.6 is 0 Å². The van der Waals surface area contributed by atoms with E-state index in [2.05, 4.69) is 5.32 Å². The zero-order valence-electron chi connectivity index (χ0n) is 13.3. The van der Waals surface area contributed by atoms with Crippen molar-refractivity contribution >= 4 is 23.3 Å². The maximum absolute atomic E-state index is 11.8. The Hall–Kier alpha value is -2.04. The maximum atomic E-state index is 11.8. The third-order valence-electron chi connectivity index (χ3n) is 3.96. The van der Waals surface area contributed by atoms with Crippen LogP contribution in [0.25, 0.3) is 0 Å². The molecule has 120 valence electrons. The summed E-state index contributed by atoms with van der Waals surface area (Å²) >= 11 is 0. The van der Waals surface area contributed by atoms with Gasteiger partial charge in [0.25, 0.3) is 5.91 Å². The molecule has 1 aliphatic rings. The van der Waals surface area contributed by atoms with E-state index < -0.39 is 0 Å². The lowest BCUT2D eigenvalue weighted by molar-refractivity contribution is -0.148. The van der Waals surface area contributed by atoms with E-state index in [1.54, 1.807) is 0 Å². The Morgan fingerprint density at radius 3 is 2.41 bits per heavy atom. The van der Waals surface area contributed by atoms with Crippen LogP contribution in [0.4, 0.5) is 11.4 Å². The highest BCUT2D eigenvalue weighted by Gasteiger charge is 2.19. The van der Waals surface area contributed by atoms with Gasteiger partial charge in [-0.25, -0.2) is 0 Å².